The lowest BCUT2D eigenvalue weighted by Gasteiger charge is -2.27. The van der Waals surface area contributed by atoms with Crippen LogP contribution in [-0.2, 0) is 11.3 Å². The molecule has 1 heterocycles. The van der Waals surface area contributed by atoms with E-state index in [-0.39, 0.29) is 18.3 Å². The highest BCUT2D eigenvalue weighted by atomic mass is 35.5. The molecule has 0 saturated carbocycles. The van der Waals surface area contributed by atoms with Crippen LogP contribution in [0, 0.1) is 6.92 Å². The summed E-state index contributed by atoms with van der Waals surface area (Å²) in [4.78, 5) is 13.4. The number of rotatable bonds is 4. The monoisotopic (exact) mass is 260 g/mol. The summed E-state index contributed by atoms with van der Waals surface area (Å²) in [5, 5.41) is 3.18. The first-order valence-electron chi connectivity index (χ1n) is 5.35. The average Bonchev–Trinajstić information content (AvgIpc) is 2.60. The van der Waals surface area contributed by atoms with E-state index >= 15 is 0 Å². The van der Waals surface area contributed by atoms with Crippen molar-refractivity contribution in [3.63, 3.8) is 0 Å². The summed E-state index contributed by atoms with van der Waals surface area (Å²) in [6.45, 7) is 6.19. The van der Waals surface area contributed by atoms with E-state index in [1.54, 1.807) is 19.0 Å². The summed E-state index contributed by atoms with van der Waals surface area (Å²) < 4.78 is 5.43. The number of carbonyl (C=O) groups is 1. The lowest BCUT2D eigenvalue weighted by atomic mass is 10.0. The van der Waals surface area contributed by atoms with Crippen molar-refractivity contribution in [3.8, 4) is 0 Å². The van der Waals surface area contributed by atoms with Crippen LogP contribution in [-0.4, -0.2) is 30.4 Å². The zero-order valence-corrected chi connectivity index (χ0v) is 11.9. The van der Waals surface area contributed by atoms with Gasteiger partial charge in [-0.25, -0.2) is 0 Å². The number of hydrogen-bond acceptors (Lipinski definition) is 3. The molecule has 1 rings (SSSR count). The largest absolute Gasteiger partial charge is 0.465 e. The number of hydrogen-bond donors (Lipinski definition) is 1. The van der Waals surface area contributed by atoms with Crippen molar-refractivity contribution in [3.05, 3.63) is 23.7 Å². The Balaban J connectivity index is 0.00000256. The highest BCUT2D eigenvalue weighted by Gasteiger charge is 2.28. The van der Waals surface area contributed by atoms with Crippen molar-refractivity contribution in [1.82, 2.24) is 10.2 Å². The van der Waals surface area contributed by atoms with Gasteiger partial charge < -0.3 is 9.32 Å². The van der Waals surface area contributed by atoms with Gasteiger partial charge in [-0.2, -0.15) is 0 Å². The van der Waals surface area contributed by atoms with Crippen molar-refractivity contribution >= 4 is 18.3 Å². The molecule has 1 N–H and O–H groups in total. The Morgan fingerprint density at radius 2 is 2.00 bits per heavy atom. The molecular weight excluding hydrogens is 240 g/mol. The second kappa shape index (κ2) is 6.07. The number of nitrogens with zero attached hydrogens (tertiary/aromatic N) is 1. The van der Waals surface area contributed by atoms with Crippen LogP contribution in [0.3, 0.4) is 0 Å². The molecule has 0 aromatic carbocycles. The highest BCUT2D eigenvalue weighted by Crippen LogP contribution is 2.10. The summed E-state index contributed by atoms with van der Waals surface area (Å²) >= 11 is 0. The van der Waals surface area contributed by atoms with Crippen molar-refractivity contribution in [2.75, 3.05) is 14.1 Å². The Morgan fingerprint density at radius 3 is 2.41 bits per heavy atom. The van der Waals surface area contributed by atoms with Crippen LogP contribution in [0.4, 0.5) is 0 Å². The van der Waals surface area contributed by atoms with Crippen LogP contribution in [0.1, 0.15) is 25.4 Å². The van der Waals surface area contributed by atoms with E-state index in [9.17, 15) is 4.79 Å². The van der Waals surface area contributed by atoms with Crippen LogP contribution < -0.4 is 5.32 Å². The van der Waals surface area contributed by atoms with Gasteiger partial charge in [-0.1, -0.05) is 0 Å². The maximum absolute atomic E-state index is 11.8. The number of likely N-dealkylation sites (N-methyl/N-ethyl adjacent to an activating group) is 1. The number of nitrogens with one attached hydrogen (secondary N) is 1. The molecule has 0 atom stereocenters. The lowest BCUT2D eigenvalue weighted by Crippen LogP contribution is -2.51. The molecule has 1 amide bonds. The molecule has 0 fully saturated rings. The van der Waals surface area contributed by atoms with Crippen LogP contribution >= 0.6 is 12.4 Å². The Labute approximate surface area is 109 Å². The predicted molar refractivity (Wildman–Crippen MR) is 70.3 cm³/mol. The van der Waals surface area contributed by atoms with Gasteiger partial charge >= 0.3 is 0 Å². The van der Waals surface area contributed by atoms with Crippen molar-refractivity contribution in [1.29, 1.82) is 0 Å². The zero-order chi connectivity index (χ0) is 12.3. The standard InChI is InChI=1S/C12H20N2O2.ClH/c1-9-6-7-10(16-9)8-13-12(2,3)11(15)14(4)5;/h6-7,13H,8H2,1-5H3;1H. The van der Waals surface area contributed by atoms with E-state index in [0.29, 0.717) is 6.54 Å². The minimum absolute atomic E-state index is 0. The summed E-state index contributed by atoms with van der Waals surface area (Å²) in [5.41, 5.74) is -0.579. The van der Waals surface area contributed by atoms with Gasteiger partial charge in [0.25, 0.3) is 0 Å². The number of aryl methyl sites for hydroxylation is 1. The summed E-state index contributed by atoms with van der Waals surface area (Å²) in [6.07, 6.45) is 0. The number of amides is 1. The second-order valence-electron chi connectivity index (χ2n) is 4.69. The van der Waals surface area contributed by atoms with Crippen LogP contribution in [0.5, 0.6) is 0 Å². The fourth-order valence-electron chi connectivity index (χ4n) is 1.52. The first-order valence-corrected chi connectivity index (χ1v) is 5.35. The van der Waals surface area contributed by atoms with Crippen LogP contribution in [0.2, 0.25) is 0 Å². The molecule has 1 aromatic heterocycles. The topological polar surface area (TPSA) is 45.5 Å². The minimum atomic E-state index is -0.579. The molecule has 1 aromatic rings. The third kappa shape index (κ3) is 4.40. The first-order chi connectivity index (χ1) is 7.33. The van der Waals surface area contributed by atoms with E-state index in [1.165, 1.54) is 0 Å². The van der Waals surface area contributed by atoms with Crippen LogP contribution in [0.25, 0.3) is 0 Å². The molecular formula is C12H21ClN2O2. The highest BCUT2D eigenvalue weighted by molar-refractivity contribution is 5.85. The van der Waals surface area contributed by atoms with E-state index < -0.39 is 5.54 Å². The summed E-state index contributed by atoms with van der Waals surface area (Å²) in [6, 6.07) is 3.83. The molecule has 0 radical (unpaired) electrons. The Morgan fingerprint density at radius 1 is 1.41 bits per heavy atom. The molecule has 0 aliphatic carbocycles. The van der Waals surface area contributed by atoms with Gasteiger partial charge in [0.15, 0.2) is 0 Å². The van der Waals surface area contributed by atoms with E-state index in [4.69, 9.17) is 4.42 Å². The Bertz CT molecular complexity index is 372. The summed E-state index contributed by atoms with van der Waals surface area (Å²) in [7, 11) is 3.51. The number of furan rings is 1. The molecule has 98 valence electrons. The van der Waals surface area contributed by atoms with Gasteiger partial charge in [0, 0.05) is 14.1 Å². The molecule has 5 heteroatoms. The van der Waals surface area contributed by atoms with E-state index in [0.717, 1.165) is 11.5 Å². The smallest absolute Gasteiger partial charge is 0.241 e. The van der Waals surface area contributed by atoms with Crippen molar-refractivity contribution < 1.29 is 9.21 Å². The minimum Gasteiger partial charge on any atom is -0.465 e. The SMILES string of the molecule is Cc1ccc(CNC(C)(C)C(=O)N(C)C)o1.Cl. The molecule has 4 nitrogen and oxygen atoms in total. The van der Waals surface area contributed by atoms with Gasteiger partial charge in [-0.15, -0.1) is 12.4 Å². The Hall–Kier alpha value is -1.00. The maximum Gasteiger partial charge on any atom is 0.241 e. The fraction of sp³-hybridized carbons (Fsp3) is 0.583. The fourth-order valence-corrected chi connectivity index (χ4v) is 1.52. The zero-order valence-electron chi connectivity index (χ0n) is 11.0. The van der Waals surface area contributed by atoms with E-state index in [2.05, 4.69) is 5.32 Å². The van der Waals surface area contributed by atoms with Crippen molar-refractivity contribution in [2.45, 2.75) is 32.9 Å². The van der Waals surface area contributed by atoms with Gasteiger partial charge in [-0.3, -0.25) is 10.1 Å². The third-order valence-corrected chi connectivity index (χ3v) is 2.44. The lowest BCUT2D eigenvalue weighted by molar-refractivity contribution is -0.134. The van der Waals surface area contributed by atoms with Gasteiger partial charge in [0.1, 0.15) is 11.5 Å². The average molecular weight is 261 g/mol. The molecule has 17 heavy (non-hydrogen) atoms. The number of halogens is 1. The van der Waals surface area contributed by atoms with Gasteiger partial charge in [0.2, 0.25) is 5.91 Å². The maximum atomic E-state index is 11.8. The van der Waals surface area contributed by atoms with E-state index in [1.807, 2.05) is 32.9 Å². The first kappa shape index (κ1) is 16.0. The second-order valence-corrected chi connectivity index (χ2v) is 4.69. The van der Waals surface area contributed by atoms with Crippen LogP contribution in [0.15, 0.2) is 16.5 Å². The normalized spacial score (nSPS) is 10.9. The molecule has 0 aliphatic heterocycles. The third-order valence-electron chi connectivity index (χ3n) is 2.44. The molecule has 0 bridgehead atoms. The quantitative estimate of drug-likeness (QED) is 0.900. The molecule has 0 unspecified atom stereocenters. The van der Waals surface area contributed by atoms with Crippen molar-refractivity contribution in [2.24, 2.45) is 0 Å². The molecule has 0 spiro atoms. The summed E-state index contributed by atoms with van der Waals surface area (Å²) in [5.74, 6) is 1.78. The predicted octanol–water partition coefficient (Wildman–Crippen LogP) is 1.97. The van der Waals surface area contributed by atoms with Gasteiger partial charge in [-0.05, 0) is 32.9 Å². The van der Waals surface area contributed by atoms with Gasteiger partial charge in [0.05, 0.1) is 12.1 Å². The molecule has 0 aliphatic rings. The molecule has 0 saturated heterocycles. The Kier molecular flexibility index (Phi) is 5.72. The number of carbonyl (C=O) groups excluding carboxylic acids is 1.